The Morgan fingerprint density at radius 2 is 1.82 bits per heavy atom. The fraction of sp³-hybridized carbons (Fsp3) is 0.150. The molecule has 0 aliphatic heterocycles. The highest BCUT2D eigenvalue weighted by atomic mass is 35.5. The minimum absolute atomic E-state index is 0.0196. The Morgan fingerprint density at radius 1 is 1.07 bits per heavy atom. The number of thiazole rings is 1. The topological polar surface area (TPSA) is 83.1 Å². The van der Waals surface area contributed by atoms with Crippen LogP contribution in [0.4, 0.5) is 15.6 Å². The van der Waals surface area contributed by atoms with Crippen molar-refractivity contribution in [2.45, 2.75) is 19.9 Å². The molecule has 0 atom stereocenters. The zero-order chi connectivity index (χ0) is 20.1. The largest absolute Gasteiger partial charge is 0.336 e. The monoisotopic (exact) mass is 414 g/mol. The average Bonchev–Trinajstić information content (AvgIpc) is 3.10. The maximum Gasteiger partial charge on any atom is 0.319 e. The molecule has 28 heavy (non-hydrogen) atoms. The van der Waals surface area contributed by atoms with E-state index in [1.807, 2.05) is 31.4 Å². The number of urea groups is 1. The number of benzene rings is 2. The van der Waals surface area contributed by atoms with Gasteiger partial charge in [-0.1, -0.05) is 29.8 Å². The van der Waals surface area contributed by atoms with Crippen LogP contribution in [0.5, 0.6) is 0 Å². The van der Waals surface area contributed by atoms with Crippen molar-refractivity contribution in [2.75, 3.05) is 10.6 Å². The number of nitrogens with one attached hydrogen (secondary N) is 3. The van der Waals surface area contributed by atoms with Gasteiger partial charge in [0, 0.05) is 33.3 Å². The number of carbonyl (C=O) groups excluding carboxylic acids is 2. The van der Waals surface area contributed by atoms with E-state index in [4.69, 9.17) is 11.6 Å². The number of rotatable bonds is 5. The molecule has 0 saturated carbocycles. The Morgan fingerprint density at radius 3 is 2.54 bits per heavy atom. The van der Waals surface area contributed by atoms with Gasteiger partial charge < -0.3 is 10.6 Å². The van der Waals surface area contributed by atoms with Crippen molar-refractivity contribution >= 4 is 45.7 Å². The Bertz CT molecular complexity index is 986. The first-order chi connectivity index (χ1) is 13.4. The lowest BCUT2D eigenvalue weighted by Gasteiger charge is -2.11. The molecule has 6 nitrogen and oxygen atoms in total. The summed E-state index contributed by atoms with van der Waals surface area (Å²) in [5, 5.41) is 11.2. The van der Waals surface area contributed by atoms with Gasteiger partial charge in [0.1, 0.15) is 0 Å². The number of anilines is 2. The van der Waals surface area contributed by atoms with Crippen LogP contribution in [0.15, 0.2) is 53.9 Å². The van der Waals surface area contributed by atoms with E-state index >= 15 is 0 Å². The molecule has 2 aromatic carbocycles. The van der Waals surface area contributed by atoms with Gasteiger partial charge in [-0.3, -0.25) is 10.1 Å². The summed E-state index contributed by atoms with van der Waals surface area (Å²) in [5.41, 5.74) is 2.64. The number of aromatic nitrogens is 1. The fourth-order valence-corrected chi connectivity index (χ4v) is 3.26. The molecule has 0 fully saturated rings. The SMILES string of the molecule is CC(C)NC(=O)Nc1cccc(C(=O)Nc2nc(-c3ccc(Cl)cc3)cs2)c1. The second-order valence-corrected chi connectivity index (χ2v) is 7.63. The highest BCUT2D eigenvalue weighted by Crippen LogP contribution is 2.26. The number of nitrogens with zero attached hydrogens (tertiary/aromatic N) is 1. The summed E-state index contributed by atoms with van der Waals surface area (Å²) in [5.74, 6) is -0.301. The van der Waals surface area contributed by atoms with E-state index in [0.29, 0.717) is 21.4 Å². The smallest absolute Gasteiger partial charge is 0.319 e. The average molecular weight is 415 g/mol. The maximum atomic E-state index is 12.5. The van der Waals surface area contributed by atoms with Crippen molar-refractivity contribution in [3.63, 3.8) is 0 Å². The molecular formula is C20H19ClN4O2S. The molecule has 144 valence electrons. The molecule has 0 spiro atoms. The van der Waals surface area contributed by atoms with Gasteiger partial charge in [-0.25, -0.2) is 9.78 Å². The predicted molar refractivity (Wildman–Crippen MR) is 114 cm³/mol. The minimum atomic E-state index is -0.319. The molecule has 3 N–H and O–H groups in total. The summed E-state index contributed by atoms with van der Waals surface area (Å²) in [6, 6.07) is 13.8. The first-order valence-corrected chi connectivity index (χ1v) is 9.87. The number of hydrogen-bond donors (Lipinski definition) is 3. The number of halogens is 1. The molecule has 0 unspecified atom stereocenters. The summed E-state index contributed by atoms with van der Waals surface area (Å²) >= 11 is 7.24. The second-order valence-electron chi connectivity index (χ2n) is 6.33. The van der Waals surface area contributed by atoms with E-state index < -0.39 is 0 Å². The summed E-state index contributed by atoms with van der Waals surface area (Å²) in [7, 11) is 0. The summed E-state index contributed by atoms with van der Waals surface area (Å²) < 4.78 is 0. The van der Waals surface area contributed by atoms with Crippen molar-refractivity contribution in [1.82, 2.24) is 10.3 Å². The van der Waals surface area contributed by atoms with Crippen LogP contribution in [-0.4, -0.2) is 23.0 Å². The Labute approximate surface area is 172 Å². The standard InChI is InChI=1S/C20H19ClN4O2S/c1-12(2)22-19(27)23-16-5-3-4-14(10-16)18(26)25-20-24-17(11-28-20)13-6-8-15(21)9-7-13/h3-12H,1-2H3,(H2,22,23,27)(H,24,25,26). The second kappa shape index (κ2) is 8.86. The molecule has 3 rings (SSSR count). The minimum Gasteiger partial charge on any atom is -0.336 e. The zero-order valence-corrected chi connectivity index (χ0v) is 16.9. The van der Waals surface area contributed by atoms with E-state index in [-0.39, 0.29) is 18.0 Å². The zero-order valence-electron chi connectivity index (χ0n) is 15.3. The van der Waals surface area contributed by atoms with E-state index in [1.165, 1.54) is 11.3 Å². The van der Waals surface area contributed by atoms with E-state index in [1.54, 1.807) is 36.4 Å². The van der Waals surface area contributed by atoms with Gasteiger partial charge in [-0.15, -0.1) is 11.3 Å². The lowest BCUT2D eigenvalue weighted by atomic mass is 10.2. The van der Waals surface area contributed by atoms with E-state index in [0.717, 1.165) is 11.3 Å². The van der Waals surface area contributed by atoms with Crippen LogP contribution in [0, 0.1) is 0 Å². The fourth-order valence-electron chi connectivity index (χ4n) is 2.42. The van der Waals surface area contributed by atoms with Crippen LogP contribution < -0.4 is 16.0 Å². The van der Waals surface area contributed by atoms with Gasteiger partial charge in [-0.2, -0.15) is 0 Å². The van der Waals surface area contributed by atoms with Crippen molar-refractivity contribution in [3.8, 4) is 11.3 Å². The summed E-state index contributed by atoms with van der Waals surface area (Å²) in [6.45, 7) is 3.74. The molecular weight excluding hydrogens is 396 g/mol. The molecule has 0 bridgehead atoms. The van der Waals surface area contributed by atoms with Gasteiger partial charge in [0.2, 0.25) is 0 Å². The Kier molecular flexibility index (Phi) is 6.28. The van der Waals surface area contributed by atoms with Gasteiger partial charge in [0.05, 0.1) is 5.69 Å². The molecule has 8 heteroatoms. The number of amides is 3. The normalized spacial score (nSPS) is 10.6. The summed E-state index contributed by atoms with van der Waals surface area (Å²) in [6.07, 6.45) is 0. The third-order valence-electron chi connectivity index (χ3n) is 3.67. The summed E-state index contributed by atoms with van der Waals surface area (Å²) in [4.78, 5) is 28.8. The first kappa shape index (κ1) is 19.9. The van der Waals surface area contributed by atoms with Crippen LogP contribution >= 0.6 is 22.9 Å². The predicted octanol–water partition coefficient (Wildman–Crippen LogP) is 5.25. The molecule has 1 aromatic heterocycles. The maximum absolute atomic E-state index is 12.5. The molecule has 1 heterocycles. The van der Waals surface area contributed by atoms with Crippen LogP contribution in [-0.2, 0) is 0 Å². The molecule has 3 amide bonds. The van der Waals surface area contributed by atoms with Gasteiger partial charge in [0.15, 0.2) is 5.13 Å². The van der Waals surface area contributed by atoms with Crippen LogP contribution in [0.25, 0.3) is 11.3 Å². The number of carbonyl (C=O) groups is 2. The quantitative estimate of drug-likeness (QED) is 0.533. The Hall–Kier alpha value is -2.90. The van der Waals surface area contributed by atoms with Crippen molar-refractivity contribution in [3.05, 3.63) is 64.5 Å². The van der Waals surface area contributed by atoms with Crippen molar-refractivity contribution in [1.29, 1.82) is 0 Å². The highest BCUT2D eigenvalue weighted by Gasteiger charge is 2.11. The molecule has 0 saturated heterocycles. The van der Waals surface area contributed by atoms with Crippen LogP contribution in [0.1, 0.15) is 24.2 Å². The lowest BCUT2D eigenvalue weighted by Crippen LogP contribution is -2.34. The Balaban J connectivity index is 1.67. The van der Waals surface area contributed by atoms with E-state index in [2.05, 4.69) is 20.9 Å². The van der Waals surface area contributed by atoms with Gasteiger partial charge >= 0.3 is 6.03 Å². The third-order valence-corrected chi connectivity index (χ3v) is 4.68. The van der Waals surface area contributed by atoms with Crippen molar-refractivity contribution in [2.24, 2.45) is 0 Å². The van der Waals surface area contributed by atoms with Crippen molar-refractivity contribution < 1.29 is 9.59 Å². The highest BCUT2D eigenvalue weighted by molar-refractivity contribution is 7.14. The first-order valence-electron chi connectivity index (χ1n) is 8.61. The lowest BCUT2D eigenvalue weighted by molar-refractivity contribution is 0.102. The van der Waals surface area contributed by atoms with Crippen LogP contribution in [0.2, 0.25) is 5.02 Å². The van der Waals surface area contributed by atoms with Gasteiger partial charge in [0.25, 0.3) is 5.91 Å². The van der Waals surface area contributed by atoms with Gasteiger partial charge in [-0.05, 0) is 44.2 Å². The van der Waals surface area contributed by atoms with E-state index in [9.17, 15) is 9.59 Å². The molecule has 0 aliphatic carbocycles. The van der Waals surface area contributed by atoms with Crippen LogP contribution in [0.3, 0.4) is 0 Å². The molecule has 0 aliphatic rings. The molecule has 0 radical (unpaired) electrons. The molecule has 3 aromatic rings. The third kappa shape index (κ3) is 5.31. The number of hydrogen-bond acceptors (Lipinski definition) is 4.